The van der Waals surface area contributed by atoms with E-state index >= 15 is 0 Å². The molecule has 0 saturated carbocycles. The molecule has 18 heavy (non-hydrogen) atoms. The minimum atomic E-state index is -0.934. The van der Waals surface area contributed by atoms with Crippen molar-refractivity contribution in [1.82, 2.24) is 5.32 Å². The standard InChI is InChI=1S/C12H12Br2INO2/c1-12(2,9(17)10(13)14)16-11(18)7-4-3-5-8(15)6-7/h3-6,10H,1-2H3,(H,16,18). The van der Waals surface area contributed by atoms with Crippen LogP contribution in [-0.4, -0.2) is 21.0 Å². The van der Waals surface area contributed by atoms with Crippen molar-refractivity contribution >= 4 is 66.1 Å². The van der Waals surface area contributed by atoms with Crippen LogP contribution in [0.2, 0.25) is 0 Å². The summed E-state index contributed by atoms with van der Waals surface area (Å²) in [5.74, 6) is -0.394. The van der Waals surface area contributed by atoms with E-state index < -0.39 is 9.28 Å². The van der Waals surface area contributed by atoms with E-state index in [1.165, 1.54) is 0 Å². The van der Waals surface area contributed by atoms with Crippen LogP contribution in [0.15, 0.2) is 24.3 Å². The molecule has 0 aliphatic rings. The number of nitrogens with one attached hydrogen (secondary N) is 1. The fourth-order valence-electron chi connectivity index (χ4n) is 1.32. The smallest absolute Gasteiger partial charge is 0.252 e. The van der Waals surface area contributed by atoms with Crippen LogP contribution in [-0.2, 0) is 4.79 Å². The van der Waals surface area contributed by atoms with E-state index in [4.69, 9.17) is 0 Å². The summed E-state index contributed by atoms with van der Waals surface area (Å²) in [5, 5.41) is 2.73. The van der Waals surface area contributed by atoms with Crippen LogP contribution in [0.4, 0.5) is 0 Å². The van der Waals surface area contributed by atoms with Gasteiger partial charge >= 0.3 is 0 Å². The van der Waals surface area contributed by atoms with Crippen LogP contribution in [0.1, 0.15) is 24.2 Å². The summed E-state index contributed by atoms with van der Waals surface area (Å²) in [6.45, 7) is 3.35. The molecule has 3 nitrogen and oxygen atoms in total. The highest BCUT2D eigenvalue weighted by Gasteiger charge is 2.32. The number of amides is 1. The molecular formula is C12H12Br2INO2. The van der Waals surface area contributed by atoms with E-state index in [2.05, 4.69) is 59.8 Å². The molecule has 0 bridgehead atoms. The lowest BCUT2D eigenvalue weighted by Crippen LogP contribution is -2.51. The maximum absolute atomic E-state index is 12.0. The maximum atomic E-state index is 12.0. The fourth-order valence-corrected chi connectivity index (χ4v) is 3.01. The van der Waals surface area contributed by atoms with Crippen molar-refractivity contribution in [3.63, 3.8) is 0 Å². The minimum Gasteiger partial charge on any atom is -0.340 e. The molecule has 1 aromatic carbocycles. The molecule has 0 heterocycles. The molecule has 0 atom stereocenters. The zero-order valence-electron chi connectivity index (χ0n) is 9.84. The lowest BCUT2D eigenvalue weighted by molar-refractivity contribution is -0.121. The predicted octanol–water partition coefficient (Wildman–Crippen LogP) is 3.48. The van der Waals surface area contributed by atoms with Crippen molar-refractivity contribution in [1.29, 1.82) is 0 Å². The zero-order chi connectivity index (χ0) is 13.9. The van der Waals surface area contributed by atoms with Crippen molar-refractivity contribution in [3.05, 3.63) is 33.4 Å². The van der Waals surface area contributed by atoms with Gasteiger partial charge < -0.3 is 5.32 Å². The summed E-state index contributed by atoms with van der Waals surface area (Å²) in [5.41, 5.74) is -0.390. The Balaban J connectivity index is 2.85. The van der Waals surface area contributed by atoms with Crippen LogP contribution in [0.5, 0.6) is 0 Å². The SMILES string of the molecule is CC(C)(NC(=O)c1cccc(I)c1)C(=O)C(Br)Br. The monoisotopic (exact) mass is 487 g/mol. The van der Waals surface area contributed by atoms with Crippen molar-refractivity contribution in [3.8, 4) is 0 Å². The third-order valence-electron chi connectivity index (χ3n) is 2.33. The van der Waals surface area contributed by atoms with Gasteiger partial charge in [-0.05, 0) is 54.6 Å². The Bertz CT molecular complexity index is 475. The molecule has 1 aromatic rings. The summed E-state index contributed by atoms with van der Waals surface area (Å²) in [6, 6.07) is 7.21. The first-order valence-electron chi connectivity index (χ1n) is 5.14. The molecular weight excluding hydrogens is 477 g/mol. The Hall–Kier alpha value is 0.0500. The molecule has 98 valence electrons. The van der Waals surface area contributed by atoms with Crippen LogP contribution in [0, 0.1) is 3.57 Å². The predicted molar refractivity (Wildman–Crippen MR) is 87.4 cm³/mol. The summed E-state index contributed by atoms with van der Waals surface area (Å²) in [7, 11) is 0. The molecule has 0 aromatic heterocycles. The zero-order valence-corrected chi connectivity index (χ0v) is 15.2. The molecule has 0 fully saturated rings. The first-order valence-corrected chi connectivity index (χ1v) is 8.05. The number of halogens is 3. The molecule has 1 amide bonds. The molecule has 0 aliphatic heterocycles. The number of carbonyl (C=O) groups is 2. The van der Waals surface area contributed by atoms with Gasteiger partial charge in [0.05, 0.1) is 5.54 Å². The summed E-state index contributed by atoms with van der Waals surface area (Å²) in [6.07, 6.45) is 0. The maximum Gasteiger partial charge on any atom is 0.252 e. The number of rotatable bonds is 4. The van der Waals surface area contributed by atoms with Crippen molar-refractivity contribution < 1.29 is 9.59 Å². The van der Waals surface area contributed by atoms with Gasteiger partial charge in [0.25, 0.3) is 5.91 Å². The highest BCUT2D eigenvalue weighted by molar-refractivity contribution is 14.1. The van der Waals surface area contributed by atoms with E-state index in [1.54, 1.807) is 26.0 Å². The Morgan fingerprint density at radius 1 is 1.33 bits per heavy atom. The van der Waals surface area contributed by atoms with Gasteiger partial charge in [-0.15, -0.1) is 0 Å². The number of carbonyl (C=O) groups excluding carboxylic acids is 2. The third-order valence-corrected chi connectivity index (χ3v) is 3.83. The highest BCUT2D eigenvalue weighted by Crippen LogP contribution is 2.18. The van der Waals surface area contributed by atoms with Gasteiger partial charge in [0.2, 0.25) is 0 Å². The van der Waals surface area contributed by atoms with Crippen LogP contribution < -0.4 is 5.32 Å². The number of Topliss-reactive ketones (excluding diaryl/α,β-unsaturated/α-hetero) is 1. The van der Waals surface area contributed by atoms with Gasteiger partial charge in [0.1, 0.15) is 3.74 Å². The molecule has 0 unspecified atom stereocenters. The van der Waals surface area contributed by atoms with Crippen molar-refractivity contribution in [2.45, 2.75) is 23.1 Å². The number of alkyl halides is 2. The van der Waals surface area contributed by atoms with Crippen molar-refractivity contribution in [2.75, 3.05) is 0 Å². The van der Waals surface area contributed by atoms with Gasteiger partial charge in [0, 0.05) is 9.13 Å². The topological polar surface area (TPSA) is 46.2 Å². The van der Waals surface area contributed by atoms with Gasteiger partial charge in [-0.3, -0.25) is 9.59 Å². The lowest BCUT2D eigenvalue weighted by Gasteiger charge is -2.25. The van der Waals surface area contributed by atoms with E-state index in [9.17, 15) is 9.59 Å². The number of ketones is 1. The normalized spacial score (nSPS) is 11.4. The lowest BCUT2D eigenvalue weighted by atomic mass is 10.00. The second-order valence-electron chi connectivity index (χ2n) is 4.25. The number of hydrogen-bond donors (Lipinski definition) is 1. The molecule has 1 N–H and O–H groups in total. The van der Waals surface area contributed by atoms with Gasteiger partial charge in [-0.1, -0.05) is 37.9 Å². The number of benzene rings is 1. The largest absolute Gasteiger partial charge is 0.340 e. The van der Waals surface area contributed by atoms with E-state index in [-0.39, 0.29) is 11.7 Å². The molecule has 0 saturated heterocycles. The van der Waals surface area contributed by atoms with Crippen LogP contribution in [0.3, 0.4) is 0 Å². The van der Waals surface area contributed by atoms with Gasteiger partial charge in [-0.2, -0.15) is 0 Å². The quantitative estimate of drug-likeness (QED) is 0.521. The van der Waals surface area contributed by atoms with E-state index in [0.29, 0.717) is 5.56 Å². The number of hydrogen-bond acceptors (Lipinski definition) is 2. The van der Waals surface area contributed by atoms with Crippen LogP contribution >= 0.6 is 54.5 Å². The molecule has 6 heteroatoms. The van der Waals surface area contributed by atoms with E-state index in [1.807, 2.05) is 12.1 Å². The van der Waals surface area contributed by atoms with E-state index in [0.717, 1.165) is 3.57 Å². The van der Waals surface area contributed by atoms with Gasteiger partial charge in [-0.25, -0.2) is 0 Å². The molecule has 0 spiro atoms. The van der Waals surface area contributed by atoms with Gasteiger partial charge in [0.15, 0.2) is 5.78 Å². The Morgan fingerprint density at radius 3 is 2.44 bits per heavy atom. The second kappa shape index (κ2) is 6.47. The van der Waals surface area contributed by atoms with Crippen molar-refractivity contribution in [2.24, 2.45) is 0 Å². The average molecular weight is 489 g/mol. The average Bonchev–Trinajstić information content (AvgIpc) is 2.27. The summed E-state index contributed by atoms with van der Waals surface area (Å²) < 4.78 is 0.499. The highest BCUT2D eigenvalue weighted by atomic mass is 127. The first kappa shape index (κ1) is 16.1. The Labute approximate surface area is 136 Å². The first-order chi connectivity index (χ1) is 8.24. The minimum absolute atomic E-state index is 0.138. The molecule has 0 radical (unpaired) electrons. The Morgan fingerprint density at radius 2 is 1.94 bits per heavy atom. The Kier molecular flexibility index (Phi) is 5.79. The fraction of sp³-hybridized carbons (Fsp3) is 0.333. The summed E-state index contributed by atoms with van der Waals surface area (Å²) >= 11 is 8.43. The summed E-state index contributed by atoms with van der Waals surface area (Å²) in [4.78, 5) is 23.9. The third kappa shape index (κ3) is 4.31. The molecule has 1 rings (SSSR count). The molecule has 0 aliphatic carbocycles. The second-order valence-corrected chi connectivity index (χ2v) is 8.56. The van der Waals surface area contributed by atoms with Crippen LogP contribution in [0.25, 0.3) is 0 Å².